The van der Waals surface area contributed by atoms with E-state index in [2.05, 4.69) is 167 Å². The Labute approximate surface area is 293 Å². The molecule has 0 bridgehead atoms. The molecule has 0 amide bonds. The van der Waals surface area contributed by atoms with Crippen molar-refractivity contribution >= 4 is 28.4 Å². The molecule has 1 aliphatic rings. The van der Waals surface area contributed by atoms with Crippen LogP contribution in [0, 0.1) is 6.92 Å². The van der Waals surface area contributed by atoms with E-state index in [-0.39, 0.29) is 0 Å². The van der Waals surface area contributed by atoms with Gasteiger partial charge in [-0.3, -0.25) is 0 Å². The summed E-state index contributed by atoms with van der Waals surface area (Å²) in [5, 5.41) is 0. The third-order valence-corrected chi connectivity index (χ3v) is 9.41. The van der Waals surface area contributed by atoms with Crippen LogP contribution in [-0.2, 0) is 0 Å². The summed E-state index contributed by atoms with van der Waals surface area (Å²) in [4.78, 5) is 10.6. The topological polar surface area (TPSA) is 24.7 Å². The Hall–Kier alpha value is -5.34. The van der Waals surface area contributed by atoms with Crippen molar-refractivity contribution in [2.75, 3.05) is 0 Å². The van der Waals surface area contributed by atoms with E-state index in [4.69, 9.17) is 9.98 Å². The summed E-state index contributed by atoms with van der Waals surface area (Å²) in [5.74, 6) is 0.746. The van der Waals surface area contributed by atoms with Crippen molar-refractivity contribution < 1.29 is 0 Å². The molecule has 0 heterocycles. The van der Waals surface area contributed by atoms with Crippen LogP contribution in [-0.4, -0.2) is 11.5 Å². The summed E-state index contributed by atoms with van der Waals surface area (Å²) in [7, 11) is 0. The molecule has 1 aliphatic carbocycles. The van der Waals surface area contributed by atoms with Gasteiger partial charge in [0.05, 0.1) is 5.70 Å². The highest BCUT2D eigenvalue weighted by atomic mass is 14.9. The molecular weight excluding hydrogens is 593 g/mol. The van der Waals surface area contributed by atoms with Gasteiger partial charge in [-0.1, -0.05) is 166 Å². The Morgan fingerprint density at radius 1 is 0.633 bits per heavy atom. The number of amidine groups is 1. The summed E-state index contributed by atoms with van der Waals surface area (Å²) >= 11 is 0. The zero-order valence-electron chi connectivity index (χ0n) is 29.3. The highest BCUT2D eigenvalue weighted by Crippen LogP contribution is 2.39. The average molecular weight is 639 g/mol. The molecular formula is C47H46N2. The van der Waals surface area contributed by atoms with Gasteiger partial charge in [0.1, 0.15) is 0 Å². The summed E-state index contributed by atoms with van der Waals surface area (Å²) in [6.07, 6.45) is 9.70. The Balaban J connectivity index is 1.42. The van der Waals surface area contributed by atoms with Gasteiger partial charge in [0.25, 0.3) is 0 Å². The predicted octanol–water partition coefficient (Wildman–Crippen LogP) is 12.8. The maximum Gasteiger partial charge on any atom is 0.160 e. The zero-order valence-corrected chi connectivity index (χ0v) is 29.3. The van der Waals surface area contributed by atoms with Crippen LogP contribution >= 0.6 is 0 Å². The first-order valence-electron chi connectivity index (χ1n) is 17.7. The minimum absolute atomic E-state index is 0.746. The normalized spacial score (nSPS) is 14.2. The lowest BCUT2D eigenvalue weighted by atomic mass is 9.82. The van der Waals surface area contributed by atoms with Crippen LogP contribution < -0.4 is 0 Å². The summed E-state index contributed by atoms with van der Waals surface area (Å²) in [5.41, 5.74) is 15.8. The van der Waals surface area contributed by atoms with Crippen LogP contribution in [0.5, 0.6) is 0 Å². The highest BCUT2D eigenvalue weighted by molar-refractivity contribution is 6.13. The molecule has 0 aliphatic heterocycles. The first-order chi connectivity index (χ1) is 24.1. The molecule has 2 nitrogen and oxygen atoms in total. The quantitative estimate of drug-likeness (QED) is 0.107. The first kappa shape index (κ1) is 33.6. The van der Waals surface area contributed by atoms with Gasteiger partial charge in [-0.05, 0) is 95.2 Å². The van der Waals surface area contributed by atoms with Crippen molar-refractivity contribution in [1.82, 2.24) is 0 Å². The lowest BCUT2D eigenvalue weighted by Gasteiger charge is -2.23. The summed E-state index contributed by atoms with van der Waals surface area (Å²) in [6, 6.07) is 47.2. The largest absolute Gasteiger partial charge is 0.233 e. The van der Waals surface area contributed by atoms with Crippen LogP contribution in [0.15, 0.2) is 161 Å². The fraction of sp³-hybridized carbons (Fsp3) is 0.191. The van der Waals surface area contributed by atoms with E-state index in [0.717, 1.165) is 66.0 Å². The van der Waals surface area contributed by atoms with Gasteiger partial charge < -0.3 is 0 Å². The van der Waals surface area contributed by atoms with E-state index < -0.39 is 0 Å². The average Bonchev–Trinajstić information content (AvgIpc) is 3.17. The molecule has 6 rings (SSSR count). The first-order valence-corrected chi connectivity index (χ1v) is 17.7. The van der Waals surface area contributed by atoms with Crippen LogP contribution in [0.1, 0.15) is 86.3 Å². The fourth-order valence-corrected chi connectivity index (χ4v) is 6.63. The molecule has 0 saturated heterocycles. The van der Waals surface area contributed by atoms with Crippen molar-refractivity contribution in [3.63, 3.8) is 0 Å². The standard InChI is InChI=1S/C47H46N2/c1-5-7-26-46(41-22-15-10-16-23-41)49-47(48-35(4)37-18-11-8-12-19-37)44-25-17-24-43(34(44)3)45-32-31-42(33-36(45)6-2)40-29-27-39(28-30-40)38-20-13-9-14-21-38/h8-30,33H,5-7,31-32H2,1-4H3/b46-26+,48-35+,49-47-. The Kier molecular flexibility index (Phi) is 11.1. The molecule has 0 spiro atoms. The molecule has 0 saturated carbocycles. The van der Waals surface area contributed by atoms with Crippen molar-refractivity contribution in [2.45, 2.75) is 59.8 Å². The van der Waals surface area contributed by atoms with E-state index in [1.807, 2.05) is 6.07 Å². The van der Waals surface area contributed by atoms with Gasteiger partial charge in [0.2, 0.25) is 0 Å². The third-order valence-electron chi connectivity index (χ3n) is 9.41. The van der Waals surface area contributed by atoms with E-state index in [0.29, 0.717) is 0 Å². The number of hydrogen-bond acceptors (Lipinski definition) is 1. The number of allylic oxidation sites excluding steroid dienone is 5. The second-order valence-electron chi connectivity index (χ2n) is 12.7. The van der Waals surface area contributed by atoms with Gasteiger partial charge in [-0.15, -0.1) is 0 Å². The smallest absolute Gasteiger partial charge is 0.160 e. The van der Waals surface area contributed by atoms with Gasteiger partial charge in [-0.2, -0.15) is 0 Å². The monoisotopic (exact) mass is 638 g/mol. The van der Waals surface area contributed by atoms with E-state index in [1.165, 1.54) is 44.5 Å². The molecule has 0 fully saturated rings. The predicted molar refractivity (Wildman–Crippen MR) is 212 cm³/mol. The summed E-state index contributed by atoms with van der Waals surface area (Å²) < 4.78 is 0. The second-order valence-corrected chi connectivity index (χ2v) is 12.7. The van der Waals surface area contributed by atoms with Crippen LogP contribution in [0.2, 0.25) is 0 Å². The lowest BCUT2D eigenvalue weighted by Crippen LogP contribution is -2.08. The molecule has 5 aromatic rings. The van der Waals surface area contributed by atoms with Gasteiger partial charge >= 0.3 is 0 Å². The number of nitrogens with zero attached hydrogens (tertiary/aromatic N) is 2. The number of unbranched alkanes of at least 4 members (excludes halogenated alkanes) is 1. The Morgan fingerprint density at radius 3 is 1.90 bits per heavy atom. The van der Waals surface area contributed by atoms with Crippen molar-refractivity contribution in [2.24, 2.45) is 9.98 Å². The number of hydrogen-bond donors (Lipinski definition) is 0. The Bertz CT molecular complexity index is 2020. The third kappa shape index (κ3) is 8.04. The number of benzene rings is 5. The molecule has 0 N–H and O–H groups in total. The fourth-order valence-electron chi connectivity index (χ4n) is 6.63. The number of rotatable bonds is 10. The van der Waals surface area contributed by atoms with Crippen molar-refractivity contribution in [1.29, 1.82) is 0 Å². The van der Waals surface area contributed by atoms with E-state index in [9.17, 15) is 0 Å². The number of aliphatic imine (C=N–C) groups is 2. The Morgan fingerprint density at radius 2 is 1.24 bits per heavy atom. The maximum atomic E-state index is 5.35. The SMILES string of the molecule is CCC/C=C(/N=C(\N=C(/C)c1ccccc1)c1cccc(C2=C(CC)C=C(c3ccc(-c4ccccc4)cc3)CC2)c1C)c1ccccc1. The zero-order chi connectivity index (χ0) is 34.0. The molecule has 5 aromatic carbocycles. The minimum atomic E-state index is 0.746. The van der Waals surface area contributed by atoms with Crippen molar-refractivity contribution in [3.05, 3.63) is 185 Å². The van der Waals surface area contributed by atoms with Crippen LogP contribution in [0.25, 0.3) is 28.0 Å². The molecule has 0 unspecified atom stereocenters. The highest BCUT2D eigenvalue weighted by Gasteiger charge is 2.20. The van der Waals surface area contributed by atoms with E-state index >= 15 is 0 Å². The van der Waals surface area contributed by atoms with E-state index in [1.54, 1.807) is 0 Å². The molecule has 244 valence electrons. The second kappa shape index (κ2) is 16.2. The maximum absolute atomic E-state index is 5.35. The van der Waals surface area contributed by atoms with Crippen molar-refractivity contribution in [3.8, 4) is 11.1 Å². The van der Waals surface area contributed by atoms with Gasteiger partial charge in [0, 0.05) is 11.3 Å². The minimum Gasteiger partial charge on any atom is -0.233 e. The summed E-state index contributed by atoms with van der Waals surface area (Å²) in [6.45, 7) is 8.81. The lowest BCUT2D eigenvalue weighted by molar-refractivity contribution is 0.958. The molecule has 0 aromatic heterocycles. The molecule has 0 radical (unpaired) electrons. The van der Waals surface area contributed by atoms with Crippen LogP contribution in [0.4, 0.5) is 0 Å². The molecule has 2 heteroatoms. The van der Waals surface area contributed by atoms with Gasteiger partial charge in [0.15, 0.2) is 5.84 Å². The molecule has 49 heavy (non-hydrogen) atoms. The van der Waals surface area contributed by atoms with Gasteiger partial charge in [-0.25, -0.2) is 9.98 Å². The molecule has 0 atom stereocenters. The van der Waals surface area contributed by atoms with Crippen LogP contribution in [0.3, 0.4) is 0 Å².